The first-order valence-electron chi connectivity index (χ1n) is 13.9. The summed E-state index contributed by atoms with van der Waals surface area (Å²) >= 11 is 0. The van der Waals surface area contributed by atoms with Gasteiger partial charge >= 0.3 is 11.9 Å². The van der Waals surface area contributed by atoms with Gasteiger partial charge in [0.05, 0.1) is 18.8 Å². The topological polar surface area (TPSA) is 93.1 Å². The van der Waals surface area contributed by atoms with Gasteiger partial charge in [-0.3, -0.25) is 4.79 Å². The van der Waals surface area contributed by atoms with Crippen LogP contribution in [0.5, 0.6) is 0 Å². The van der Waals surface area contributed by atoms with Crippen LogP contribution in [0.15, 0.2) is 54.1 Å². The van der Waals surface area contributed by atoms with Crippen LogP contribution in [-0.2, 0) is 19.1 Å². The van der Waals surface area contributed by atoms with Crippen LogP contribution >= 0.6 is 0 Å². The fourth-order valence-corrected chi connectivity index (χ4v) is 5.60. The van der Waals surface area contributed by atoms with E-state index >= 15 is 0 Å². The highest BCUT2D eigenvalue weighted by atomic mass is 16.6. The molecule has 3 rings (SSSR count). The van der Waals surface area contributed by atoms with Crippen molar-refractivity contribution in [1.82, 2.24) is 0 Å². The van der Waals surface area contributed by atoms with Crippen LogP contribution in [-0.4, -0.2) is 41.0 Å². The second-order valence-corrected chi connectivity index (χ2v) is 10.5. The van der Waals surface area contributed by atoms with Gasteiger partial charge in [0.1, 0.15) is 0 Å². The lowest BCUT2D eigenvalue weighted by Crippen LogP contribution is -2.22. The van der Waals surface area contributed by atoms with Crippen LogP contribution in [0.1, 0.15) is 77.4 Å². The summed E-state index contributed by atoms with van der Waals surface area (Å²) in [5, 5.41) is 21.1. The van der Waals surface area contributed by atoms with Gasteiger partial charge in [0.15, 0.2) is 0 Å². The predicted octanol–water partition coefficient (Wildman–Crippen LogP) is 5.30. The number of rotatable bonds is 12. The summed E-state index contributed by atoms with van der Waals surface area (Å²) in [6, 6.07) is 8.92. The zero-order valence-electron chi connectivity index (χ0n) is 22.8. The number of unbranched alkanes of at least 4 members (excludes halogenated alkanes) is 1. The van der Waals surface area contributed by atoms with Crippen molar-refractivity contribution in [1.29, 1.82) is 0 Å². The quantitative estimate of drug-likeness (QED) is 0.167. The van der Waals surface area contributed by atoms with E-state index in [1.165, 1.54) is 5.57 Å². The zero-order valence-corrected chi connectivity index (χ0v) is 22.8. The van der Waals surface area contributed by atoms with E-state index in [1.807, 2.05) is 25.1 Å². The molecule has 0 saturated heterocycles. The van der Waals surface area contributed by atoms with Crippen LogP contribution < -0.4 is 0 Å². The summed E-state index contributed by atoms with van der Waals surface area (Å²) in [7, 11) is 0. The van der Waals surface area contributed by atoms with E-state index in [-0.39, 0.29) is 31.0 Å². The number of ether oxygens (including phenoxy) is 2. The first kappa shape index (κ1) is 29.7. The minimum absolute atomic E-state index is 0.0535. The van der Waals surface area contributed by atoms with Crippen LogP contribution in [0.4, 0.5) is 0 Å². The fourth-order valence-electron chi connectivity index (χ4n) is 5.60. The molecule has 1 aromatic carbocycles. The lowest BCUT2D eigenvalue weighted by Gasteiger charge is -2.19. The van der Waals surface area contributed by atoms with E-state index in [0.717, 1.165) is 25.7 Å². The minimum Gasteiger partial charge on any atom is -0.463 e. The fraction of sp³-hybridized carbons (Fsp3) is 0.562. The second-order valence-electron chi connectivity index (χ2n) is 10.5. The standard InChI is InChI=1S/C32H42O6/c1-4-6-12-22(3)28(33)18-17-26-27-20-23(19-25(27)21-29(26)34)13-10-11-16-30(35)38-31(32(36)37-5-2)24-14-8-7-9-15-24/h7-9,13-15,17-18,22,25-29,31,33-34H,5,10-12,16,19-21H2,1-3H3/t22-,25-,26+,27-,28+,29+,31?/m0/s1. The number of carbonyl (C=O) groups is 2. The van der Waals surface area contributed by atoms with E-state index in [1.54, 1.807) is 38.1 Å². The highest BCUT2D eigenvalue weighted by molar-refractivity contribution is 5.80. The van der Waals surface area contributed by atoms with Crippen molar-refractivity contribution in [2.75, 3.05) is 6.61 Å². The first-order chi connectivity index (χ1) is 18.3. The number of hydrogen-bond acceptors (Lipinski definition) is 6. The van der Waals surface area contributed by atoms with Gasteiger partial charge in [-0.15, -0.1) is 11.8 Å². The first-order valence-corrected chi connectivity index (χ1v) is 13.9. The van der Waals surface area contributed by atoms with Crippen LogP contribution in [0.2, 0.25) is 0 Å². The molecule has 2 N–H and O–H groups in total. The number of hydrogen-bond donors (Lipinski definition) is 2. The Morgan fingerprint density at radius 1 is 1.21 bits per heavy atom. The number of fused-ring (bicyclic) bond motifs is 1. The number of carbonyl (C=O) groups excluding carboxylic acids is 2. The summed E-state index contributed by atoms with van der Waals surface area (Å²) in [6.07, 6.45) is 9.06. The maximum Gasteiger partial charge on any atom is 0.352 e. The Kier molecular flexibility index (Phi) is 11.6. The van der Waals surface area contributed by atoms with E-state index in [4.69, 9.17) is 9.47 Å². The molecule has 1 aromatic rings. The van der Waals surface area contributed by atoms with Crippen LogP contribution in [0, 0.1) is 35.5 Å². The molecule has 6 nitrogen and oxygen atoms in total. The maximum absolute atomic E-state index is 12.5. The molecule has 0 spiro atoms. The third-order valence-corrected chi connectivity index (χ3v) is 7.70. The molecule has 0 heterocycles. The maximum atomic E-state index is 12.5. The summed E-state index contributed by atoms with van der Waals surface area (Å²) in [5.74, 6) is 5.85. The van der Waals surface area contributed by atoms with Gasteiger partial charge in [-0.2, -0.15) is 0 Å². The molecule has 7 atom stereocenters. The van der Waals surface area contributed by atoms with Gasteiger partial charge in [0, 0.05) is 24.3 Å². The van der Waals surface area contributed by atoms with Crippen molar-refractivity contribution in [3.05, 3.63) is 59.7 Å². The summed E-state index contributed by atoms with van der Waals surface area (Å²) in [4.78, 5) is 24.8. The van der Waals surface area contributed by atoms with E-state index < -0.39 is 24.1 Å². The van der Waals surface area contributed by atoms with E-state index in [9.17, 15) is 19.8 Å². The summed E-state index contributed by atoms with van der Waals surface area (Å²) in [5.41, 5.74) is 1.97. The second kappa shape index (κ2) is 14.9. The molecule has 0 aliphatic heterocycles. The van der Waals surface area contributed by atoms with Crippen LogP contribution in [0.3, 0.4) is 0 Å². The van der Waals surface area contributed by atoms with Gasteiger partial charge in [-0.25, -0.2) is 4.79 Å². The lowest BCUT2D eigenvalue weighted by molar-refractivity contribution is -0.168. The van der Waals surface area contributed by atoms with Gasteiger partial charge in [0.2, 0.25) is 6.10 Å². The van der Waals surface area contributed by atoms with Gasteiger partial charge in [0.25, 0.3) is 0 Å². The van der Waals surface area contributed by atoms with E-state index in [0.29, 0.717) is 30.2 Å². The minimum atomic E-state index is -1.05. The Hall–Kier alpha value is -2.88. The average molecular weight is 523 g/mol. The summed E-state index contributed by atoms with van der Waals surface area (Å²) in [6.45, 7) is 5.73. The normalized spacial score (nSPS) is 25.9. The molecule has 206 valence electrons. The number of aliphatic hydroxyl groups excluding tert-OH is 2. The Balaban J connectivity index is 1.47. The number of allylic oxidation sites excluding steroid dienone is 2. The molecule has 0 bridgehead atoms. The molecule has 0 amide bonds. The molecule has 38 heavy (non-hydrogen) atoms. The summed E-state index contributed by atoms with van der Waals surface area (Å²) < 4.78 is 10.6. The average Bonchev–Trinajstić information content (AvgIpc) is 3.43. The molecule has 0 aromatic heterocycles. The molecule has 6 heteroatoms. The van der Waals surface area contributed by atoms with Crippen molar-refractivity contribution in [3.8, 4) is 11.8 Å². The Morgan fingerprint density at radius 3 is 2.68 bits per heavy atom. The van der Waals surface area contributed by atoms with Crippen molar-refractivity contribution in [2.45, 2.75) is 84.0 Å². The number of aliphatic hydroxyl groups is 2. The third-order valence-electron chi connectivity index (χ3n) is 7.70. The van der Waals surface area contributed by atoms with Gasteiger partial charge in [-0.1, -0.05) is 61.1 Å². The van der Waals surface area contributed by atoms with Crippen molar-refractivity contribution in [2.24, 2.45) is 23.7 Å². The Morgan fingerprint density at radius 2 is 1.97 bits per heavy atom. The SMILES string of the molecule is CC#CC[C@H](C)[C@H](O)C=C[C@@H]1[C@H]2CC(=CCCCC(=O)OC(C(=O)OCC)c3ccccc3)C[C@H]2C[C@H]1O. The molecular formula is C32H42O6. The lowest BCUT2D eigenvalue weighted by atomic mass is 9.89. The van der Waals surface area contributed by atoms with Crippen molar-refractivity contribution in [3.63, 3.8) is 0 Å². The van der Waals surface area contributed by atoms with E-state index in [2.05, 4.69) is 17.9 Å². The van der Waals surface area contributed by atoms with Gasteiger partial charge < -0.3 is 19.7 Å². The molecule has 0 radical (unpaired) electrons. The van der Waals surface area contributed by atoms with Crippen LogP contribution in [0.25, 0.3) is 0 Å². The largest absolute Gasteiger partial charge is 0.463 e. The highest BCUT2D eigenvalue weighted by Gasteiger charge is 2.45. The molecule has 2 saturated carbocycles. The Bertz CT molecular complexity index is 1030. The predicted molar refractivity (Wildman–Crippen MR) is 147 cm³/mol. The molecular weight excluding hydrogens is 480 g/mol. The monoisotopic (exact) mass is 522 g/mol. The van der Waals surface area contributed by atoms with Crippen molar-refractivity contribution < 1.29 is 29.3 Å². The molecule has 2 aliphatic rings. The van der Waals surface area contributed by atoms with Gasteiger partial charge in [-0.05, 0) is 63.7 Å². The smallest absolute Gasteiger partial charge is 0.352 e. The zero-order chi connectivity index (χ0) is 27.5. The third kappa shape index (κ3) is 8.31. The molecule has 1 unspecified atom stereocenters. The van der Waals surface area contributed by atoms with Crippen molar-refractivity contribution >= 4 is 11.9 Å². The number of benzene rings is 1. The highest BCUT2D eigenvalue weighted by Crippen LogP contribution is 2.50. The Labute approximate surface area is 227 Å². The molecule has 2 fully saturated rings. The number of esters is 2. The molecule has 2 aliphatic carbocycles.